The number of rotatable bonds is 1. The summed E-state index contributed by atoms with van der Waals surface area (Å²) in [5.74, 6) is -0.868. The van der Waals surface area contributed by atoms with Gasteiger partial charge in [-0.05, 0) is 31.5 Å². The molecule has 108 valence electrons. The summed E-state index contributed by atoms with van der Waals surface area (Å²) in [7, 11) is 2.14. The van der Waals surface area contributed by atoms with E-state index in [-0.39, 0.29) is 5.41 Å². The molecule has 2 bridgehead atoms. The average Bonchev–Trinajstić information content (AvgIpc) is 2.59. The predicted molar refractivity (Wildman–Crippen MR) is 77.1 cm³/mol. The zero-order valence-corrected chi connectivity index (χ0v) is 12.6. The Bertz CT molecular complexity index is 575. The van der Waals surface area contributed by atoms with E-state index in [4.69, 9.17) is 4.98 Å². The van der Waals surface area contributed by atoms with E-state index in [2.05, 4.69) is 11.9 Å². The Hall–Kier alpha value is -1.42. The van der Waals surface area contributed by atoms with Gasteiger partial charge in [-0.25, -0.2) is 4.79 Å². The maximum atomic E-state index is 11.6. The summed E-state index contributed by atoms with van der Waals surface area (Å²) in [6.45, 7) is 6.08. The molecule has 1 aromatic rings. The lowest BCUT2D eigenvalue weighted by Gasteiger charge is -2.34. The summed E-state index contributed by atoms with van der Waals surface area (Å²) < 4.78 is 0. The Kier molecular flexibility index (Phi) is 2.91. The Balaban J connectivity index is 2.18. The van der Waals surface area contributed by atoms with E-state index >= 15 is 0 Å². The molecule has 1 saturated heterocycles. The second-order valence-electron chi connectivity index (χ2n) is 7.09. The van der Waals surface area contributed by atoms with Gasteiger partial charge in [0.15, 0.2) is 0 Å². The highest BCUT2D eigenvalue weighted by Gasteiger charge is 2.39. The van der Waals surface area contributed by atoms with Crippen LogP contribution in [0.15, 0.2) is 6.07 Å². The van der Waals surface area contributed by atoms with Crippen molar-refractivity contribution in [2.75, 3.05) is 7.05 Å². The molecule has 4 nitrogen and oxygen atoms in total. The molecule has 0 spiro atoms. The summed E-state index contributed by atoms with van der Waals surface area (Å²) in [5.41, 5.74) is 3.09. The molecular formula is C16H22N2O2. The number of aromatic nitrogens is 1. The number of pyridine rings is 1. The van der Waals surface area contributed by atoms with Crippen LogP contribution in [-0.2, 0) is 11.8 Å². The minimum atomic E-state index is -0.868. The first-order valence-corrected chi connectivity index (χ1v) is 7.28. The maximum Gasteiger partial charge on any atom is 0.337 e. The Morgan fingerprint density at radius 3 is 2.70 bits per heavy atom. The zero-order chi connectivity index (χ0) is 14.7. The lowest BCUT2D eigenvalue weighted by atomic mass is 9.85. The van der Waals surface area contributed by atoms with Crippen molar-refractivity contribution in [1.82, 2.24) is 9.88 Å². The molecule has 0 saturated carbocycles. The largest absolute Gasteiger partial charge is 0.478 e. The van der Waals surface area contributed by atoms with Crippen molar-refractivity contribution in [2.24, 2.45) is 0 Å². The van der Waals surface area contributed by atoms with Crippen molar-refractivity contribution in [3.05, 3.63) is 28.6 Å². The first kappa shape index (κ1) is 13.6. The molecular weight excluding hydrogens is 252 g/mol. The number of carbonyl (C=O) groups is 1. The minimum Gasteiger partial charge on any atom is -0.478 e. The van der Waals surface area contributed by atoms with Crippen molar-refractivity contribution in [3.8, 4) is 0 Å². The molecule has 1 aromatic heterocycles. The third-order valence-corrected chi connectivity index (χ3v) is 4.70. The molecule has 0 aliphatic carbocycles. The van der Waals surface area contributed by atoms with Crippen LogP contribution in [0.4, 0.5) is 0 Å². The van der Waals surface area contributed by atoms with Gasteiger partial charge in [-0.15, -0.1) is 0 Å². The fraction of sp³-hybridized carbons (Fsp3) is 0.625. The standard InChI is InChI=1S/C16H22N2O2/c1-16(2,3)14-11(15(19)20)8-10-12(17-14)7-9-5-6-13(10)18(9)4/h8-9,13H,5-7H2,1-4H3,(H,19,20). The molecule has 0 aromatic carbocycles. The van der Waals surface area contributed by atoms with Crippen LogP contribution < -0.4 is 0 Å². The monoisotopic (exact) mass is 274 g/mol. The molecule has 2 unspecified atom stereocenters. The first-order chi connectivity index (χ1) is 9.29. The van der Waals surface area contributed by atoms with Gasteiger partial charge in [0.05, 0.1) is 11.3 Å². The lowest BCUT2D eigenvalue weighted by molar-refractivity contribution is 0.0692. The van der Waals surface area contributed by atoms with Crippen molar-refractivity contribution in [3.63, 3.8) is 0 Å². The SMILES string of the molecule is CN1C2CCC1c1cc(C(=O)O)c(C(C)(C)C)nc1C2. The summed E-state index contributed by atoms with van der Waals surface area (Å²) in [4.78, 5) is 18.7. The predicted octanol–water partition coefficient (Wildman–Crippen LogP) is 2.77. The van der Waals surface area contributed by atoms with Gasteiger partial charge in [-0.2, -0.15) is 0 Å². The quantitative estimate of drug-likeness (QED) is 0.855. The van der Waals surface area contributed by atoms with Crippen molar-refractivity contribution in [2.45, 2.75) is 57.5 Å². The van der Waals surface area contributed by atoms with E-state index in [0.29, 0.717) is 23.3 Å². The molecule has 3 rings (SSSR count). The number of aromatic carboxylic acids is 1. The third kappa shape index (κ3) is 1.94. The van der Waals surface area contributed by atoms with E-state index in [1.807, 2.05) is 26.8 Å². The highest BCUT2D eigenvalue weighted by Crippen LogP contribution is 2.43. The van der Waals surface area contributed by atoms with Gasteiger partial charge in [-0.1, -0.05) is 20.8 Å². The maximum absolute atomic E-state index is 11.6. The molecule has 1 fully saturated rings. The van der Waals surface area contributed by atoms with Gasteiger partial charge in [0.1, 0.15) is 0 Å². The number of fused-ring (bicyclic) bond motifs is 4. The van der Waals surface area contributed by atoms with E-state index in [1.54, 1.807) is 0 Å². The molecule has 2 atom stereocenters. The van der Waals surface area contributed by atoms with Crippen LogP contribution in [0.3, 0.4) is 0 Å². The van der Waals surface area contributed by atoms with Crippen molar-refractivity contribution in [1.29, 1.82) is 0 Å². The Labute approximate surface area is 119 Å². The van der Waals surface area contributed by atoms with Crippen LogP contribution in [-0.4, -0.2) is 34.0 Å². The van der Waals surface area contributed by atoms with Crippen molar-refractivity contribution < 1.29 is 9.90 Å². The molecule has 2 aliphatic rings. The van der Waals surface area contributed by atoms with Gasteiger partial charge < -0.3 is 5.11 Å². The van der Waals surface area contributed by atoms with E-state index in [1.165, 1.54) is 6.42 Å². The Morgan fingerprint density at radius 2 is 2.10 bits per heavy atom. The average molecular weight is 274 g/mol. The van der Waals surface area contributed by atoms with E-state index < -0.39 is 5.97 Å². The second kappa shape index (κ2) is 4.29. The fourth-order valence-corrected chi connectivity index (χ4v) is 3.61. The van der Waals surface area contributed by atoms with Crippen LogP contribution in [0.1, 0.15) is 67.0 Å². The van der Waals surface area contributed by atoms with E-state index in [9.17, 15) is 9.90 Å². The molecule has 4 heteroatoms. The molecule has 3 heterocycles. The highest BCUT2D eigenvalue weighted by atomic mass is 16.4. The molecule has 0 radical (unpaired) electrons. The summed E-state index contributed by atoms with van der Waals surface area (Å²) >= 11 is 0. The highest BCUT2D eigenvalue weighted by molar-refractivity contribution is 5.89. The first-order valence-electron chi connectivity index (χ1n) is 7.28. The molecule has 20 heavy (non-hydrogen) atoms. The number of hydrogen-bond acceptors (Lipinski definition) is 3. The summed E-state index contributed by atoms with van der Waals surface area (Å²) in [5, 5.41) is 9.51. The third-order valence-electron chi connectivity index (χ3n) is 4.70. The lowest BCUT2D eigenvalue weighted by Crippen LogP contribution is -2.35. The second-order valence-corrected chi connectivity index (χ2v) is 7.09. The number of nitrogens with zero attached hydrogens (tertiary/aromatic N) is 2. The Morgan fingerprint density at radius 1 is 1.40 bits per heavy atom. The van der Waals surface area contributed by atoms with Gasteiger partial charge in [0.2, 0.25) is 0 Å². The summed E-state index contributed by atoms with van der Waals surface area (Å²) in [6, 6.07) is 2.81. The van der Waals surface area contributed by atoms with Crippen LogP contribution in [0, 0.1) is 0 Å². The number of likely N-dealkylation sites (N-methyl/N-ethyl adjacent to an activating group) is 1. The van der Waals surface area contributed by atoms with Crippen LogP contribution in [0.2, 0.25) is 0 Å². The number of carboxylic acid groups (broad SMARTS) is 1. The van der Waals surface area contributed by atoms with Crippen LogP contribution >= 0.6 is 0 Å². The van der Waals surface area contributed by atoms with E-state index in [0.717, 1.165) is 24.1 Å². The van der Waals surface area contributed by atoms with Gasteiger partial charge in [0.25, 0.3) is 0 Å². The smallest absolute Gasteiger partial charge is 0.337 e. The number of hydrogen-bond donors (Lipinski definition) is 1. The number of carboxylic acids is 1. The van der Waals surface area contributed by atoms with Crippen LogP contribution in [0.5, 0.6) is 0 Å². The van der Waals surface area contributed by atoms with Gasteiger partial charge >= 0.3 is 5.97 Å². The molecule has 1 N–H and O–H groups in total. The van der Waals surface area contributed by atoms with Gasteiger partial charge in [0, 0.05) is 29.6 Å². The van der Waals surface area contributed by atoms with Crippen molar-refractivity contribution >= 4 is 5.97 Å². The topological polar surface area (TPSA) is 53.4 Å². The normalized spacial score (nSPS) is 25.6. The molecule has 0 amide bonds. The van der Waals surface area contributed by atoms with Crippen LogP contribution in [0.25, 0.3) is 0 Å². The van der Waals surface area contributed by atoms with Gasteiger partial charge in [-0.3, -0.25) is 9.88 Å². The molecule has 2 aliphatic heterocycles. The zero-order valence-electron chi connectivity index (χ0n) is 12.6. The minimum absolute atomic E-state index is 0.245. The fourth-order valence-electron chi connectivity index (χ4n) is 3.61. The summed E-state index contributed by atoms with van der Waals surface area (Å²) in [6.07, 6.45) is 3.25.